The van der Waals surface area contributed by atoms with Crippen molar-refractivity contribution in [3.05, 3.63) is 35.6 Å². The summed E-state index contributed by atoms with van der Waals surface area (Å²) in [6.45, 7) is 2.15. The van der Waals surface area contributed by atoms with Crippen molar-refractivity contribution >= 4 is 0 Å². The number of hydrogen-bond donors (Lipinski definition) is 1. The fraction of sp³-hybridized carbons (Fsp3) is 0.500. The monoisotopic (exact) mass is 195 g/mol. The third-order valence-corrected chi connectivity index (χ3v) is 2.32. The molecule has 1 aromatic rings. The number of hydrogen-bond acceptors (Lipinski definition) is 1. The summed E-state index contributed by atoms with van der Waals surface area (Å²) in [5.41, 5.74) is 6.91. The van der Waals surface area contributed by atoms with E-state index in [4.69, 9.17) is 5.73 Å². The number of nitrogens with two attached hydrogens (primary N) is 1. The van der Waals surface area contributed by atoms with Gasteiger partial charge in [0, 0.05) is 6.04 Å². The van der Waals surface area contributed by atoms with Crippen LogP contribution in [0.25, 0.3) is 0 Å². The lowest BCUT2D eigenvalue weighted by molar-refractivity contribution is 0.570. The first-order chi connectivity index (χ1) is 6.72. The molecule has 0 bridgehead atoms. The first kappa shape index (κ1) is 11.2. The van der Waals surface area contributed by atoms with Gasteiger partial charge in [0.25, 0.3) is 0 Å². The molecule has 0 aromatic heterocycles. The Kier molecular flexibility index (Phi) is 4.60. The van der Waals surface area contributed by atoms with E-state index in [9.17, 15) is 4.39 Å². The zero-order chi connectivity index (χ0) is 10.4. The van der Waals surface area contributed by atoms with Crippen LogP contribution in [0, 0.1) is 5.82 Å². The minimum Gasteiger partial charge on any atom is -0.327 e. The lowest BCUT2D eigenvalue weighted by atomic mass is 10.0. The van der Waals surface area contributed by atoms with Crippen molar-refractivity contribution in [1.82, 2.24) is 0 Å². The number of halogens is 1. The second kappa shape index (κ2) is 5.76. The summed E-state index contributed by atoms with van der Waals surface area (Å²) >= 11 is 0. The standard InChI is InChI=1S/C12H18FN/c1-2-3-7-12(14)9-10-5-4-6-11(13)8-10/h4-6,8,12H,2-3,7,9,14H2,1H3/t12-/m0/s1. The first-order valence-electron chi connectivity index (χ1n) is 5.22. The highest BCUT2D eigenvalue weighted by atomic mass is 19.1. The molecule has 0 amide bonds. The van der Waals surface area contributed by atoms with E-state index in [1.807, 2.05) is 6.07 Å². The topological polar surface area (TPSA) is 26.0 Å². The molecule has 14 heavy (non-hydrogen) atoms. The van der Waals surface area contributed by atoms with Gasteiger partial charge in [-0.3, -0.25) is 0 Å². The Labute approximate surface area is 85.1 Å². The van der Waals surface area contributed by atoms with Gasteiger partial charge in [0.1, 0.15) is 5.82 Å². The number of rotatable bonds is 5. The summed E-state index contributed by atoms with van der Waals surface area (Å²) in [7, 11) is 0. The predicted octanol–water partition coefficient (Wildman–Crippen LogP) is 2.89. The van der Waals surface area contributed by atoms with Gasteiger partial charge in [-0.15, -0.1) is 0 Å². The fourth-order valence-electron chi connectivity index (χ4n) is 1.54. The summed E-state index contributed by atoms with van der Waals surface area (Å²) in [6, 6.07) is 6.84. The minimum absolute atomic E-state index is 0.164. The Morgan fingerprint density at radius 2 is 2.21 bits per heavy atom. The second-order valence-electron chi connectivity index (χ2n) is 3.74. The van der Waals surface area contributed by atoms with E-state index in [1.165, 1.54) is 6.07 Å². The van der Waals surface area contributed by atoms with Gasteiger partial charge in [-0.2, -0.15) is 0 Å². The van der Waals surface area contributed by atoms with Crippen LogP contribution in [0.15, 0.2) is 24.3 Å². The molecule has 0 saturated heterocycles. The van der Waals surface area contributed by atoms with Crippen LogP contribution in [0.4, 0.5) is 4.39 Å². The molecule has 0 aliphatic heterocycles. The SMILES string of the molecule is CCCC[C@H](N)Cc1cccc(F)c1. The summed E-state index contributed by atoms with van der Waals surface area (Å²) in [5, 5.41) is 0. The van der Waals surface area contributed by atoms with Gasteiger partial charge in [-0.05, 0) is 30.5 Å². The molecule has 2 heteroatoms. The molecular weight excluding hydrogens is 177 g/mol. The molecule has 0 aliphatic rings. The van der Waals surface area contributed by atoms with E-state index in [2.05, 4.69) is 6.92 Å². The van der Waals surface area contributed by atoms with Gasteiger partial charge < -0.3 is 5.73 Å². The molecule has 0 radical (unpaired) electrons. The molecule has 0 fully saturated rings. The minimum atomic E-state index is -0.176. The maximum absolute atomic E-state index is 12.8. The van der Waals surface area contributed by atoms with E-state index in [0.717, 1.165) is 31.2 Å². The van der Waals surface area contributed by atoms with Gasteiger partial charge in [-0.25, -0.2) is 4.39 Å². The van der Waals surface area contributed by atoms with Crippen LogP contribution in [0.2, 0.25) is 0 Å². The summed E-state index contributed by atoms with van der Waals surface area (Å²) in [5.74, 6) is -0.176. The van der Waals surface area contributed by atoms with Gasteiger partial charge in [-0.1, -0.05) is 31.9 Å². The molecular formula is C12H18FN. The maximum Gasteiger partial charge on any atom is 0.123 e. The molecule has 1 nitrogen and oxygen atoms in total. The number of benzene rings is 1. The average Bonchev–Trinajstić information content (AvgIpc) is 2.15. The van der Waals surface area contributed by atoms with Crippen LogP contribution in [-0.2, 0) is 6.42 Å². The predicted molar refractivity (Wildman–Crippen MR) is 57.6 cm³/mol. The van der Waals surface area contributed by atoms with Crippen molar-refractivity contribution in [2.45, 2.75) is 38.6 Å². The van der Waals surface area contributed by atoms with E-state index in [0.29, 0.717) is 0 Å². The molecule has 0 aliphatic carbocycles. The summed E-state index contributed by atoms with van der Waals surface area (Å²) < 4.78 is 12.8. The highest BCUT2D eigenvalue weighted by molar-refractivity contribution is 5.17. The van der Waals surface area contributed by atoms with Crippen molar-refractivity contribution in [3.8, 4) is 0 Å². The largest absolute Gasteiger partial charge is 0.327 e. The molecule has 1 rings (SSSR count). The maximum atomic E-state index is 12.8. The van der Waals surface area contributed by atoms with Gasteiger partial charge in [0.05, 0.1) is 0 Å². The Balaban J connectivity index is 2.43. The summed E-state index contributed by atoms with van der Waals surface area (Å²) in [4.78, 5) is 0. The summed E-state index contributed by atoms with van der Waals surface area (Å²) in [6.07, 6.45) is 4.11. The van der Waals surface area contributed by atoms with E-state index < -0.39 is 0 Å². The van der Waals surface area contributed by atoms with Crippen LogP contribution >= 0.6 is 0 Å². The molecule has 78 valence electrons. The normalized spacial score (nSPS) is 12.8. The fourth-order valence-corrected chi connectivity index (χ4v) is 1.54. The van der Waals surface area contributed by atoms with Gasteiger partial charge >= 0.3 is 0 Å². The van der Waals surface area contributed by atoms with Crippen LogP contribution in [0.5, 0.6) is 0 Å². The zero-order valence-corrected chi connectivity index (χ0v) is 8.67. The zero-order valence-electron chi connectivity index (χ0n) is 8.67. The lowest BCUT2D eigenvalue weighted by Gasteiger charge is -2.10. The Bertz CT molecular complexity index is 273. The van der Waals surface area contributed by atoms with Gasteiger partial charge in [0.15, 0.2) is 0 Å². The molecule has 1 atom stereocenters. The molecule has 0 unspecified atom stereocenters. The van der Waals surface area contributed by atoms with E-state index in [1.54, 1.807) is 12.1 Å². The number of unbranched alkanes of at least 4 members (excludes halogenated alkanes) is 1. The van der Waals surface area contributed by atoms with Crippen molar-refractivity contribution in [2.24, 2.45) is 5.73 Å². The smallest absolute Gasteiger partial charge is 0.123 e. The van der Waals surface area contributed by atoms with Crippen molar-refractivity contribution in [3.63, 3.8) is 0 Å². The van der Waals surface area contributed by atoms with E-state index in [-0.39, 0.29) is 11.9 Å². The third-order valence-electron chi connectivity index (χ3n) is 2.32. The first-order valence-corrected chi connectivity index (χ1v) is 5.22. The molecule has 1 aromatic carbocycles. The van der Waals surface area contributed by atoms with Gasteiger partial charge in [0.2, 0.25) is 0 Å². The molecule has 0 heterocycles. The van der Waals surface area contributed by atoms with Crippen LogP contribution < -0.4 is 5.73 Å². The molecule has 2 N–H and O–H groups in total. The van der Waals surface area contributed by atoms with Crippen molar-refractivity contribution in [2.75, 3.05) is 0 Å². The molecule has 0 spiro atoms. The Morgan fingerprint density at radius 3 is 2.86 bits per heavy atom. The van der Waals surface area contributed by atoms with Crippen LogP contribution in [-0.4, -0.2) is 6.04 Å². The second-order valence-corrected chi connectivity index (χ2v) is 3.74. The quantitative estimate of drug-likeness (QED) is 0.768. The van der Waals surface area contributed by atoms with Crippen molar-refractivity contribution < 1.29 is 4.39 Å². The highest BCUT2D eigenvalue weighted by Crippen LogP contribution is 2.08. The highest BCUT2D eigenvalue weighted by Gasteiger charge is 2.03. The lowest BCUT2D eigenvalue weighted by Crippen LogP contribution is -2.22. The van der Waals surface area contributed by atoms with Crippen LogP contribution in [0.1, 0.15) is 31.7 Å². The third kappa shape index (κ3) is 3.88. The average molecular weight is 195 g/mol. The Hall–Kier alpha value is -0.890. The van der Waals surface area contributed by atoms with Crippen LogP contribution in [0.3, 0.4) is 0 Å². The Morgan fingerprint density at radius 1 is 1.43 bits per heavy atom. The van der Waals surface area contributed by atoms with E-state index >= 15 is 0 Å². The van der Waals surface area contributed by atoms with Crippen molar-refractivity contribution in [1.29, 1.82) is 0 Å². The molecule has 0 saturated carbocycles.